The van der Waals surface area contributed by atoms with Crippen molar-refractivity contribution in [1.82, 2.24) is 0 Å². The van der Waals surface area contributed by atoms with Gasteiger partial charge in [-0.3, -0.25) is 4.99 Å². The molecule has 0 spiro atoms. The molecule has 0 unspecified atom stereocenters. The Morgan fingerprint density at radius 2 is 1.33 bits per heavy atom. The monoisotopic (exact) mass is 214 g/mol. The molecule has 0 rings (SSSR count). The number of oxime groups is 1. The lowest BCUT2D eigenvalue weighted by Gasteiger charge is -1.99. The first-order valence-electron chi connectivity index (χ1n) is 5.37. The second-order valence-electron chi connectivity index (χ2n) is 4.09. The van der Waals surface area contributed by atoms with E-state index in [9.17, 15) is 0 Å². The molecule has 0 radical (unpaired) electrons. The van der Waals surface area contributed by atoms with Crippen LogP contribution in [0, 0.1) is 11.8 Å². The smallest absolute Gasteiger partial charge is 0.106 e. The van der Waals surface area contributed by atoms with Crippen molar-refractivity contribution in [2.75, 3.05) is 14.2 Å². The largest absolute Gasteiger partial charge is 0.399 e. The molecule has 0 atom stereocenters. The minimum Gasteiger partial charge on any atom is -0.399 e. The van der Waals surface area contributed by atoms with Gasteiger partial charge in [-0.25, -0.2) is 0 Å². The van der Waals surface area contributed by atoms with Crippen molar-refractivity contribution < 1.29 is 4.84 Å². The molecule has 90 valence electrons. The van der Waals surface area contributed by atoms with Crippen molar-refractivity contribution in [2.45, 2.75) is 41.5 Å². The normalized spacial score (nSPS) is 12.7. The molecule has 0 aromatic heterocycles. The summed E-state index contributed by atoms with van der Waals surface area (Å²) in [7, 11) is 3.39. The Bertz CT molecular complexity index is 206. The third-order valence-corrected chi connectivity index (χ3v) is 2.26. The number of hydrogen-bond donors (Lipinski definition) is 0. The van der Waals surface area contributed by atoms with Crippen LogP contribution >= 0.6 is 0 Å². The third kappa shape index (κ3) is 11.1. The molecule has 0 saturated heterocycles. The fourth-order valence-electron chi connectivity index (χ4n) is 0.508. The Labute approximate surface area is 94.6 Å². The van der Waals surface area contributed by atoms with Crippen LogP contribution in [0.1, 0.15) is 41.5 Å². The number of nitrogens with zero attached hydrogens (tertiary/aromatic N) is 2. The van der Waals surface area contributed by atoms with Crippen LogP contribution < -0.4 is 0 Å². The van der Waals surface area contributed by atoms with E-state index >= 15 is 0 Å². The molecular formula is C12H26N2O. The summed E-state index contributed by atoms with van der Waals surface area (Å²) in [5, 5.41) is 3.74. The predicted octanol–water partition coefficient (Wildman–Crippen LogP) is 3.40. The molecule has 0 fully saturated rings. The molecule has 0 N–H and O–H groups in total. The molecule has 0 aromatic carbocycles. The van der Waals surface area contributed by atoms with Gasteiger partial charge in [0.2, 0.25) is 0 Å². The highest BCUT2D eigenvalue weighted by Gasteiger charge is 1.95. The Morgan fingerprint density at radius 1 is 0.933 bits per heavy atom. The van der Waals surface area contributed by atoms with Gasteiger partial charge in [0.1, 0.15) is 7.11 Å². The first-order chi connectivity index (χ1) is 6.86. The first kappa shape index (κ1) is 16.6. The highest BCUT2D eigenvalue weighted by molar-refractivity contribution is 5.83. The van der Waals surface area contributed by atoms with Gasteiger partial charge in [0.05, 0.1) is 5.71 Å². The van der Waals surface area contributed by atoms with Gasteiger partial charge in [-0.15, -0.1) is 0 Å². The van der Waals surface area contributed by atoms with Gasteiger partial charge < -0.3 is 4.84 Å². The highest BCUT2D eigenvalue weighted by atomic mass is 16.6. The fourth-order valence-corrected chi connectivity index (χ4v) is 0.508. The van der Waals surface area contributed by atoms with Crippen molar-refractivity contribution in [3.05, 3.63) is 0 Å². The number of hydrogen-bond acceptors (Lipinski definition) is 3. The van der Waals surface area contributed by atoms with Gasteiger partial charge in [0.15, 0.2) is 0 Å². The van der Waals surface area contributed by atoms with E-state index in [2.05, 4.69) is 42.7 Å². The summed E-state index contributed by atoms with van der Waals surface area (Å²) in [5.74, 6) is 1.11. The van der Waals surface area contributed by atoms with E-state index < -0.39 is 0 Å². The second kappa shape index (κ2) is 9.69. The van der Waals surface area contributed by atoms with Crippen LogP contribution in [-0.4, -0.2) is 25.6 Å². The molecule has 0 amide bonds. The van der Waals surface area contributed by atoms with Crippen LogP contribution in [0.2, 0.25) is 0 Å². The lowest BCUT2D eigenvalue weighted by molar-refractivity contribution is 0.211. The maximum atomic E-state index is 4.55. The zero-order chi connectivity index (χ0) is 12.4. The van der Waals surface area contributed by atoms with E-state index in [1.165, 1.54) is 5.71 Å². The topological polar surface area (TPSA) is 34.0 Å². The van der Waals surface area contributed by atoms with Gasteiger partial charge in [-0.2, -0.15) is 0 Å². The molecular weight excluding hydrogens is 188 g/mol. The summed E-state index contributed by atoms with van der Waals surface area (Å²) >= 11 is 0. The molecule has 0 aromatic rings. The minimum absolute atomic E-state index is 0.495. The Balaban J connectivity index is 0. The molecule has 15 heavy (non-hydrogen) atoms. The Kier molecular flexibility index (Phi) is 10.7. The fraction of sp³-hybridized carbons (Fsp3) is 0.833. The summed E-state index contributed by atoms with van der Waals surface area (Å²) in [6.07, 6.45) is 0. The van der Waals surface area contributed by atoms with E-state index in [0.29, 0.717) is 11.8 Å². The van der Waals surface area contributed by atoms with E-state index in [1.54, 1.807) is 7.11 Å². The van der Waals surface area contributed by atoms with Crippen LogP contribution in [0.15, 0.2) is 10.1 Å². The average Bonchev–Trinajstić information content (AvgIpc) is 2.17. The lowest BCUT2D eigenvalue weighted by Crippen LogP contribution is -2.01. The SMILES string of the molecule is CN=C(C)C(C)C.CO/N=C(\C)C(C)C. The zero-order valence-corrected chi connectivity index (χ0v) is 11.5. The average molecular weight is 214 g/mol. The van der Waals surface area contributed by atoms with E-state index in [0.717, 1.165) is 5.71 Å². The van der Waals surface area contributed by atoms with Crippen molar-refractivity contribution in [2.24, 2.45) is 22.0 Å². The second-order valence-corrected chi connectivity index (χ2v) is 4.09. The molecule has 0 saturated carbocycles. The van der Waals surface area contributed by atoms with Crippen LogP contribution in [0.5, 0.6) is 0 Å². The summed E-state index contributed by atoms with van der Waals surface area (Å²) in [4.78, 5) is 8.56. The number of rotatable bonds is 3. The van der Waals surface area contributed by atoms with E-state index in [-0.39, 0.29) is 0 Å². The third-order valence-electron chi connectivity index (χ3n) is 2.26. The maximum Gasteiger partial charge on any atom is 0.106 e. The molecule has 0 aliphatic carbocycles. The molecule has 0 aliphatic heterocycles. The van der Waals surface area contributed by atoms with Gasteiger partial charge in [-0.05, 0) is 25.7 Å². The van der Waals surface area contributed by atoms with Crippen LogP contribution in [0.3, 0.4) is 0 Å². The molecule has 3 nitrogen and oxygen atoms in total. The minimum atomic E-state index is 0.495. The number of aliphatic imine (C=N–C) groups is 1. The summed E-state index contributed by atoms with van der Waals surface area (Å²) in [6, 6.07) is 0. The Morgan fingerprint density at radius 3 is 1.40 bits per heavy atom. The highest BCUT2D eigenvalue weighted by Crippen LogP contribution is 1.95. The van der Waals surface area contributed by atoms with Crippen molar-refractivity contribution in [1.29, 1.82) is 0 Å². The van der Waals surface area contributed by atoms with Gasteiger partial charge in [0, 0.05) is 12.8 Å². The Hall–Kier alpha value is -0.860. The van der Waals surface area contributed by atoms with E-state index in [4.69, 9.17) is 0 Å². The van der Waals surface area contributed by atoms with Crippen LogP contribution in [0.25, 0.3) is 0 Å². The van der Waals surface area contributed by atoms with Crippen molar-refractivity contribution >= 4 is 11.4 Å². The molecule has 0 bridgehead atoms. The lowest BCUT2D eigenvalue weighted by atomic mass is 10.1. The van der Waals surface area contributed by atoms with Gasteiger partial charge in [-0.1, -0.05) is 32.9 Å². The summed E-state index contributed by atoms with van der Waals surface area (Å²) < 4.78 is 0. The van der Waals surface area contributed by atoms with Gasteiger partial charge in [0.25, 0.3) is 0 Å². The zero-order valence-electron chi connectivity index (χ0n) is 11.5. The van der Waals surface area contributed by atoms with E-state index in [1.807, 2.05) is 20.9 Å². The molecule has 3 heteroatoms. The summed E-state index contributed by atoms with van der Waals surface area (Å²) in [5.41, 5.74) is 2.26. The molecule has 0 heterocycles. The maximum absolute atomic E-state index is 4.55. The first-order valence-corrected chi connectivity index (χ1v) is 5.37. The van der Waals surface area contributed by atoms with Crippen molar-refractivity contribution in [3.8, 4) is 0 Å². The van der Waals surface area contributed by atoms with Gasteiger partial charge >= 0.3 is 0 Å². The predicted molar refractivity (Wildman–Crippen MR) is 68.8 cm³/mol. The molecule has 0 aliphatic rings. The standard InChI is InChI=1S/C6H13NO.C6H13N/c1-5(2)6(3)7-8-4;1-5(2)6(3)7-4/h5H,1-4H3;5H,1-4H3/b7-6+;. The van der Waals surface area contributed by atoms with Crippen molar-refractivity contribution in [3.63, 3.8) is 0 Å². The van der Waals surface area contributed by atoms with Crippen LogP contribution in [0.4, 0.5) is 0 Å². The van der Waals surface area contributed by atoms with Crippen LogP contribution in [-0.2, 0) is 4.84 Å². The quantitative estimate of drug-likeness (QED) is 0.523. The summed E-state index contributed by atoms with van der Waals surface area (Å²) in [6.45, 7) is 12.4.